The molecule has 2 aromatic rings. The van der Waals surface area contributed by atoms with Gasteiger partial charge in [-0.15, -0.1) is 0 Å². The van der Waals surface area contributed by atoms with Crippen molar-refractivity contribution >= 4 is 15.9 Å². The summed E-state index contributed by atoms with van der Waals surface area (Å²) in [5, 5.41) is 3.83. The number of carbonyl (C=O) groups is 1. The molecule has 1 aliphatic rings. The van der Waals surface area contributed by atoms with Crippen LogP contribution in [0.4, 0.5) is 9.18 Å². The molecule has 1 aromatic carbocycles. The Morgan fingerprint density at radius 3 is 2.56 bits per heavy atom. The highest BCUT2D eigenvalue weighted by Gasteiger charge is 2.27. The van der Waals surface area contributed by atoms with Crippen LogP contribution < -0.4 is 0 Å². The van der Waals surface area contributed by atoms with Crippen molar-refractivity contribution in [2.24, 2.45) is 0 Å². The van der Waals surface area contributed by atoms with Gasteiger partial charge in [0.1, 0.15) is 16.3 Å². The summed E-state index contributed by atoms with van der Waals surface area (Å²) < 4.78 is 53.6. The molecule has 32 heavy (non-hydrogen) atoms. The van der Waals surface area contributed by atoms with Crippen LogP contribution in [0.15, 0.2) is 27.6 Å². The smallest absolute Gasteiger partial charge is 0.410 e. The zero-order valence-electron chi connectivity index (χ0n) is 18.6. The lowest BCUT2D eigenvalue weighted by Crippen LogP contribution is -2.43. The van der Waals surface area contributed by atoms with Gasteiger partial charge in [-0.2, -0.15) is 4.98 Å². The first-order chi connectivity index (χ1) is 14.9. The van der Waals surface area contributed by atoms with E-state index in [9.17, 15) is 17.6 Å². The van der Waals surface area contributed by atoms with Crippen LogP contribution in [0.3, 0.4) is 0 Å². The maximum Gasteiger partial charge on any atom is 0.410 e. The lowest BCUT2D eigenvalue weighted by molar-refractivity contribution is -0.0114. The van der Waals surface area contributed by atoms with Gasteiger partial charge >= 0.3 is 6.09 Å². The predicted molar refractivity (Wildman–Crippen MR) is 113 cm³/mol. The SMILES string of the molecule is CC(C)(C)OC(=O)N1CCC(OCCc2nc(-c3ccc(S(C)(=O)=O)c(F)c3)no2)CC1. The van der Waals surface area contributed by atoms with Gasteiger partial charge in [-0.3, -0.25) is 0 Å². The molecule has 0 N–H and O–H groups in total. The van der Waals surface area contributed by atoms with E-state index in [-0.39, 0.29) is 22.9 Å². The number of sulfone groups is 1. The van der Waals surface area contributed by atoms with E-state index in [1.165, 1.54) is 12.1 Å². The average molecular weight is 470 g/mol. The summed E-state index contributed by atoms with van der Waals surface area (Å²) in [4.78, 5) is 17.6. The van der Waals surface area contributed by atoms with E-state index in [4.69, 9.17) is 14.0 Å². The van der Waals surface area contributed by atoms with Crippen LogP contribution in [0.2, 0.25) is 0 Å². The summed E-state index contributed by atoms with van der Waals surface area (Å²) in [6.07, 6.45) is 2.45. The third-order valence-corrected chi connectivity index (χ3v) is 5.95. The van der Waals surface area contributed by atoms with Gasteiger partial charge in [-0.1, -0.05) is 5.16 Å². The summed E-state index contributed by atoms with van der Waals surface area (Å²) in [5.74, 6) is -0.360. The molecule has 3 rings (SSSR count). The van der Waals surface area contributed by atoms with E-state index in [0.717, 1.165) is 12.3 Å². The highest BCUT2D eigenvalue weighted by atomic mass is 32.2. The van der Waals surface area contributed by atoms with Gasteiger partial charge in [0.05, 0.1) is 19.1 Å². The Morgan fingerprint density at radius 2 is 1.97 bits per heavy atom. The maximum absolute atomic E-state index is 14.1. The molecule has 1 saturated heterocycles. The molecule has 1 aliphatic heterocycles. The number of piperidine rings is 1. The van der Waals surface area contributed by atoms with E-state index in [1.54, 1.807) is 4.90 Å². The van der Waals surface area contributed by atoms with Crippen LogP contribution in [0, 0.1) is 5.82 Å². The number of nitrogens with zero attached hydrogens (tertiary/aromatic N) is 3. The summed E-state index contributed by atoms with van der Waals surface area (Å²) in [6, 6.07) is 3.69. The number of amides is 1. The van der Waals surface area contributed by atoms with E-state index >= 15 is 0 Å². The molecule has 0 bridgehead atoms. The molecule has 0 saturated carbocycles. The zero-order valence-corrected chi connectivity index (χ0v) is 19.4. The Balaban J connectivity index is 1.47. The average Bonchev–Trinajstić information content (AvgIpc) is 3.15. The quantitative estimate of drug-likeness (QED) is 0.634. The number of ether oxygens (including phenoxy) is 2. The van der Waals surface area contributed by atoms with Crippen molar-refractivity contribution in [2.75, 3.05) is 26.0 Å². The number of hydrogen-bond acceptors (Lipinski definition) is 8. The molecule has 0 atom stereocenters. The molecule has 0 radical (unpaired) electrons. The van der Waals surface area contributed by atoms with Gasteiger partial charge < -0.3 is 18.9 Å². The largest absolute Gasteiger partial charge is 0.444 e. The van der Waals surface area contributed by atoms with Crippen molar-refractivity contribution in [3.8, 4) is 11.4 Å². The third-order valence-electron chi connectivity index (χ3n) is 4.82. The second-order valence-corrected chi connectivity index (χ2v) is 10.7. The molecule has 1 aromatic heterocycles. The Labute approximate surface area is 186 Å². The van der Waals surface area contributed by atoms with Crippen molar-refractivity contribution in [3.63, 3.8) is 0 Å². The summed E-state index contributed by atoms with van der Waals surface area (Å²) >= 11 is 0. The first-order valence-corrected chi connectivity index (χ1v) is 12.2. The molecular weight excluding hydrogens is 441 g/mol. The van der Waals surface area contributed by atoms with E-state index in [2.05, 4.69) is 10.1 Å². The first kappa shape index (κ1) is 24.1. The number of likely N-dealkylation sites (tertiary alicyclic amines) is 1. The minimum Gasteiger partial charge on any atom is -0.444 e. The minimum atomic E-state index is -3.65. The van der Waals surface area contributed by atoms with Gasteiger partial charge in [-0.25, -0.2) is 17.6 Å². The lowest BCUT2D eigenvalue weighted by Gasteiger charge is -2.33. The molecule has 0 aliphatic carbocycles. The monoisotopic (exact) mass is 469 g/mol. The third kappa shape index (κ3) is 6.49. The van der Waals surface area contributed by atoms with Crippen LogP contribution >= 0.6 is 0 Å². The van der Waals surface area contributed by atoms with Crippen LogP contribution in [-0.2, 0) is 25.7 Å². The molecule has 1 amide bonds. The fourth-order valence-corrected chi connectivity index (χ4v) is 3.99. The van der Waals surface area contributed by atoms with Gasteiger partial charge in [0.2, 0.25) is 11.7 Å². The van der Waals surface area contributed by atoms with Crippen molar-refractivity contribution in [3.05, 3.63) is 29.9 Å². The summed E-state index contributed by atoms with van der Waals surface area (Å²) in [7, 11) is -3.65. The second-order valence-electron chi connectivity index (χ2n) is 8.72. The van der Waals surface area contributed by atoms with Crippen LogP contribution in [0.1, 0.15) is 39.5 Å². The van der Waals surface area contributed by atoms with E-state index in [0.29, 0.717) is 50.4 Å². The molecular formula is C21H28FN3O6S. The van der Waals surface area contributed by atoms with Gasteiger partial charge in [0.15, 0.2) is 9.84 Å². The van der Waals surface area contributed by atoms with Gasteiger partial charge in [0, 0.05) is 24.9 Å². The van der Waals surface area contributed by atoms with Crippen molar-refractivity contribution < 1.29 is 31.6 Å². The van der Waals surface area contributed by atoms with Crippen molar-refractivity contribution in [1.82, 2.24) is 15.0 Å². The zero-order chi connectivity index (χ0) is 23.5. The molecule has 0 spiro atoms. The molecule has 11 heteroatoms. The summed E-state index contributed by atoms with van der Waals surface area (Å²) in [5.41, 5.74) is -0.199. The lowest BCUT2D eigenvalue weighted by atomic mass is 10.1. The molecule has 176 valence electrons. The Kier molecular flexibility index (Phi) is 7.19. The van der Waals surface area contributed by atoms with Gasteiger partial charge in [-0.05, 0) is 51.8 Å². The Morgan fingerprint density at radius 1 is 1.28 bits per heavy atom. The normalized spacial score (nSPS) is 15.7. The molecule has 2 heterocycles. The van der Waals surface area contributed by atoms with Crippen molar-refractivity contribution in [1.29, 1.82) is 0 Å². The number of rotatable bonds is 6. The first-order valence-electron chi connectivity index (χ1n) is 10.3. The molecule has 0 unspecified atom stereocenters. The Bertz CT molecular complexity index is 1060. The Hall–Kier alpha value is -2.53. The van der Waals surface area contributed by atoms with Crippen LogP contribution in [-0.4, -0.2) is 67.2 Å². The number of aromatic nitrogens is 2. The fourth-order valence-electron chi connectivity index (χ4n) is 3.26. The maximum atomic E-state index is 14.1. The fraction of sp³-hybridized carbons (Fsp3) is 0.571. The number of hydrogen-bond donors (Lipinski definition) is 0. The molecule has 9 nitrogen and oxygen atoms in total. The highest BCUT2D eigenvalue weighted by Crippen LogP contribution is 2.23. The van der Waals surface area contributed by atoms with E-state index in [1.807, 2.05) is 20.8 Å². The van der Waals surface area contributed by atoms with Gasteiger partial charge in [0.25, 0.3) is 0 Å². The highest BCUT2D eigenvalue weighted by molar-refractivity contribution is 7.90. The number of carbonyl (C=O) groups excluding carboxylic acids is 1. The standard InChI is InChI=1S/C21H28FN3O6S/c1-21(2,3)30-20(26)25-10-7-15(8-11-25)29-12-9-18-23-19(24-31-18)14-5-6-17(16(22)13-14)32(4,27)28/h5-6,13,15H,7-12H2,1-4H3. The summed E-state index contributed by atoms with van der Waals surface area (Å²) in [6.45, 7) is 7.01. The topological polar surface area (TPSA) is 112 Å². The van der Waals surface area contributed by atoms with E-state index < -0.39 is 21.3 Å². The second kappa shape index (κ2) is 9.53. The minimum absolute atomic E-state index is 0.0220. The molecule has 1 fully saturated rings. The number of benzene rings is 1. The van der Waals surface area contributed by atoms with Crippen LogP contribution in [0.25, 0.3) is 11.4 Å². The van der Waals surface area contributed by atoms with Crippen molar-refractivity contribution in [2.45, 2.75) is 56.6 Å². The van der Waals surface area contributed by atoms with Crippen LogP contribution in [0.5, 0.6) is 0 Å². The number of halogens is 1. The predicted octanol–water partition coefficient (Wildman–Crippen LogP) is 3.24.